The molecule has 3 aromatic carbocycles. The van der Waals surface area contributed by atoms with Crippen LogP contribution in [0.2, 0.25) is 0 Å². The minimum Gasteiger partial charge on any atom is -0.507 e. The van der Waals surface area contributed by atoms with Crippen LogP contribution in [0.5, 0.6) is 11.5 Å². The van der Waals surface area contributed by atoms with E-state index in [1.165, 1.54) is 5.56 Å². The first-order chi connectivity index (χ1) is 9.99. The van der Waals surface area contributed by atoms with Crippen molar-refractivity contribution in [3.05, 3.63) is 59.2 Å². The van der Waals surface area contributed by atoms with Gasteiger partial charge in [-0.3, -0.25) is 0 Å². The third-order valence-electron chi connectivity index (χ3n) is 3.94. The minimum atomic E-state index is 0.192. The fourth-order valence-corrected chi connectivity index (χ4v) is 3.14. The van der Waals surface area contributed by atoms with Crippen LogP contribution in [0.4, 0.5) is 0 Å². The molecule has 0 amide bonds. The standard InChI is InChI=1S/C19H18O2/c1-11-8-12(2)18(13(3)9-11)16-10-17(20)14-6-4-5-7-15(14)19(16)21/h4-10,20-21H,1-3H3. The van der Waals surface area contributed by atoms with E-state index in [1.807, 2.05) is 38.1 Å². The Morgan fingerprint density at radius 2 is 1.33 bits per heavy atom. The molecule has 0 aliphatic carbocycles. The van der Waals surface area contributed by atoms with Gasteiger partial charge in [0, 0.05) is 16.3 Å². The van der Waals surface area contributed by atoms with Gasteiger partial charge in [0.2, 0.25) is 0 Å². The largest absolute Gasteiger partial charge is 0.507 e. The predicted octanol–water partition coefficient (Wildman–Crippen LogP) is 4.84. The first kappa shape index (κ1) is 13.5. The van der Waals surface area contributed by atoms with Gasteiger partial charge in [-0.05, 0) is 43.5 Å². The zero-order valence-electron chi connectivity index (χ0n) is 12.4. The summed E-state index contributed by atoms with van der Waals surface area (Å²) in [5.74, 6) is 0.413. The molecule has 0 fully saturated rings. The Hall–Kier alpha value is -2.48. The molecule has 2 N–H and O–H groups in total. The SMILES string of the molecule is Cc1cc(C)c(-c2cc(O)c3ccccc3c2O)c(C)c1. The number of hydrogen-bond donors (Lipinski definition) is 2. The highest BCUT2D eigenvalue weighted by Crippen LogP contribution is 2.42. The average molecular weight is 278 g/mol. The lowest BCUT2D eigenvalue weighted by molar-refractivity contribution is 0.471. The van der Waals surface area contributed by atoms with Crippen molar-refractivity contribution in [1.29, 1.82) is 0 Å². The van der Waals surface area contributed by atoms with E-state index in [-0.39, 0.29) is 11.5 Å². The van der Waals surface area contributed by atoms with E-state index >= 15 is 0 Å². The average Bonchev–Trinajstić information content (AvgIpc) is 2.43. The molecule has 0 bridgehead atoms. The van der Waals surface area contributed by atoms with Crippen LogP contribution in [-0.4, -0.2) is 10.2 Å². The summed E-state index contributed by atoms with van der Waals surface area (Å²) in [6.07, 6.45) is 0. The highest BCUT2D eigenvalue weighted by atomic mass is 16.3. The second-order valence-electron chi connectivity index (χ2n) is 5.61. The summed E-state index contributed by atoms with van der Waals surface area (Å²) in [4.78, 5) is 0. The highest BCUT2D eigenvalue weighted by Gasteiger charge is 2.15. The van der Waals surface area contributed by atoms with Crippen LogP contribution in [0.1, 0.15) is 16.7 Å². The molecular formula is C19H18O2. The van der Waals surface area contributed by atoms with Crippen molar-refractivity contribution in [1.82, 2.24) is 0 Å². The molecule has 0 saturated carbocycles. The van der Waals surface area contributed by atoms with Crippen molar-refractivity contribution in [2.24, 2.45) is 0 Å². The van der Waals surface area contributed by atoms with Crippen LogP contribution in [0.15, 0.2) is 42.5 Å². The number of phenols is 2. The van der Waals surface area contributed by atoms with Crippen molar-refractivity contribution in [2.45, 2.75) is 20.8 Å². The third kappa shape index (κ3) is 2.13. The maximum absolute atomic E-state index is 10.6. The van der Waals surface area contributed by atoms with Crippen molar-refractivity contribution in [3.63, 3.8) is 0 Å². The monoisotopic (exact) mass is 278 g/mol. The summed E-state index contributed by atoms with van der Waals surface area (Å²) in [5, 5.41) is 22.2. The molecule has 2 nitrogen and oxygen atoms in total. The zero-order chi connectivity index (χ0) is 15.1. The van der Waals surface area contributed by atoms with Crippen LogP contribution in [0.3, 0.4) is 0 Å². The van der Waals surface area contributed by atoms with E-state index in [0.29, 0.717) is 16.3 Å². The van der Waals surface area contributed by atoms with Gasteiger partial charge in [0.05, 0.1) is 0 Å². The summed E-state index contributed by atoms with van der Waals surface area (Å²) >= 11 is 0. The minimum absolute atomic E-state index is 0.192. The van der Waals surface area contributed by atoms with Gasteiger partial charge in [0.25, 0.3) is 0 Å². The van der Waals surface area contributed by atoms with Crippen molar-refractivity contribution in [2.75, 3.05) is 0 Å². The summed E-state index contributed by atoms with van der Waals surface area (Å²) in [5.41, 5.74) is 5.05. The van der Waals surface area contributed by atoms with Gasteiger partial charge in [-0.15, -0.1) is 0 Å². The van der Waals surface area contributed by atoms with Crippen LogP contribution in [-0.2, 0) is 0 Å². The molecule has 0 aromatic heterocycles. The summed E-state index contributed by atoms with van der Waals surface area (Å²) in [6.45, 7) is 6.11. The molecule has 3 aromatic rings. The molecule has 3 rings (SSSR count). The van der Waals surface area contributed by atoms with Crippen molar-refractivity contribution < 1.29 is 10.2 Å². The number of fused-ring (bicyclic) bond motifs is 1. The fraction of sp³-hybridized carbons (Fsp3) is 0.158. The van der Waals surface area contributed by atoms with Gasteiger partial charge in [0.1, 0.15) is 11.5 Å². The van der Waals surface area contributed by atoms with Crippen LogP contribution in [0.25, 0.3) is 21.9 Å². The van der Waals surface area contributed by atoms with Gasteiger partial charge in [0.15, 0.2) is 0 Å². The summed E-state index contributed by atoms with van der Waals surface area (Å²) in [6, 6.07) is 13.2. The van der Waals surface area contributed by atoms with E-state index in [4.69, 9.17) is 0 Å². The Morgan fingerprint density at radius 3 is 1.95 bits per heavy atom. The fourth-order valence-electron chi connectivity index (χ4n) is 3.14. The highest BCUT2D eigenvalue weighted by molar-refractivity contribution is 5.99. The van der Waals surface area contributed by atoms with Crippen molar-refractivity contribution in [3.8, 4) is 22.6 Å². The Morgan fingerprint density at radius 1 is 0.762 bits per heavy atom. The first-order valence-corrected chi connectivity index (χ1v) is 7.01. The summed E-state index contributed by atoms with van der Waals surface area (Å²) in [7, 11) is 0. The van der Waals surface area contributed by atoms with Crippen molar-refractivity contribution >= 4 is 10.8 Å². The predicted molar refractivity (Wildman–Crippen MR) is 86.9 cm³/mol. The van der Waals surface area contributed by atoms with E-state index in [9.17, 15) is 10.2 Å². The topological polar surface area (TPSA) is 40.5 Å². The molecule has 0 heterocycles. The maximum atomic E-state index is 10.6. The molecule has 21 heavy (non-hydrogen) atoms. The van der Waals surface area contributed by atoms with Crippen LogP contribution >= 0.6 is 0 Å². The van der Waals surface area contributed by atoms with Crippen LogP contribution in [0, 0.1) is 20.8 Å². The van der Waals surface area contributed by atoms with Gasteiger partial charge in [-0.1, -0.05) is 42.0 Å². The van der Waals surface area contributed by atoms with Gasteiger partial charge >= 0.3 is 0 Å². The number of aromatic hydroxyl groups is 2. The maximum Gasteiger partial charge on any atom is 0.131 e. The molecule has 0 spiro atoms. The number of phenolic OH excluding ortho intramolecular Hbond substituents is 2. The van der Waals surface area contributed by atoms with Gasteiger partial charge in [-0.2, -0.15) is 0 Å². The third-order valence-corrected chi connectivity index (χ3v) is 3.94. The quantitative estimate of drug-likeness (QED) is 0.625. The molecule has 0 aliphatic heterocycles. The molecule has 2 heteroatoms. The Labute approximate surface area is 124 Å². The molecule has 0 unspecified atom stereocenters. The molecule has 0 saturated heterocycles. The molecule has 106 valence electrons. The lowest BCUT2D eigenvalue weighted by Gasteiger charge is -2.15. The lowest BCUT2D eigenvalue weighted by atomic mass is 9.91. The second kappa shape index (κ2) is 4.81. The number of aryl methyl sites for hydroxylation is 3. The van der Waals surface area contributed by atoms with Gasteiger partial charge < -0.3 is 10.2 Å². The van der Waals surface area contributed by atoms with E-state index in [1.54, 1.807) is 6.07 Å². The van der Waals surface area contributed by atoms with Crippen LogP contribution < -0.4 is 0 Å². The Balaban J connectivity index is 2.39. The number of hydrogen-bond acceptors (Lipinski definition) is 2. The smallest absolute Gasteiger partial charge is 0.131 e. The van der Waals surface area contributed by atoms with E-state index in [2.05, 4.69) is 19.1 Å². The zero-order valence-corrected chi connectivity index (χ0v) is 12.4. The molecule has 0 aliphatic rings. The Bertz CT molecular complexity index is 825. The molecular weight excluding hydrogens is 260 g/mol. The molecule has 0 radical (unpaired) electrons. The second-order valence-corrected chi connectivity index (χ2v) is 5.61. The van der Waals surface area contributed by atoms with Gasteiger partial charge in [-0.25, -0.2) is 0 Å². The Kier molecular flexibility index (Phi) is 3.09. The van der Waals surface area contributed by atoms with E-state index < -0.39 is 0 Å². The first-order valence-electron chi connectivity index (χ1n) is 7.01. The van der Waals surface area contributed by atoms with E-state index in [0.717, 1.165) is 16.7 Å². The summed E-state index contributed by atoms with van der Waals surface area (Å²) < 4.78 is 0. The molecule has 0 atom stereocenters. The number of benzene rings is 3. The normalized spacial score (nSPS) is 11.0. The lowest BCUT2D eigenvalue weighted by Crippen LogP contribution is -1.91. The number of rotatable bonds is 1.